The lowest BCUT2D eigenvalue weighted by atomic mass is 10.1. The van der Waals surface area contributed by atoms with Crippen LogP contribution in [0, 0.1) is 19.7 Å². The fourth-order valence-corrected chi connectivity index (χ4v) is 3.09. The smallest absolute Gasteiger partial charge is 0.298 e. The third kappa shape index (κ3) is 1.92. The van der Waals surface area contributed by atoms with E-state index in [2.05, 4.69) is 4.98 Å². The maximum absolute atomic E-state index is 13.3. The SMILES string of the molecule is Cc1nc(CN2C(=O)C(=O)c3ccc(F)cc32)sc1C. The van der Waals surface area contributed by atoms with Gasteiger partial charge in [-0.1, -0.05) is 0 Å². The van der Waals surface area contributed by atoms with Gasteiger partial charge in [-0.3, -0.25) is 14.5 Å². The molecule has 0 unspecified atom stereocenters. The van der Waals surface area contributed by atoms with Gasteiger partial charge in [-0.2, -0.15) is 0 Å². The Hall–Kier alpha value is -2.08. The van der Waals surface area contributed by atoms with Crippen molar-refractivity contribution in [3.05, 3.63) is 45.2 Å². The van der Waals surface area contributed by atoms with Crippen LogP contribution in [0.2, 0.25) is 0 Å². The summed E-state index contributed by atoms with van der Waals surface area (Å²) < 4.78 is 13.3. The quantitative estimate of drug-likeness (QED) is 0.799. The van der Waals surface area contributed by atoms with E-state index in [1.54, 1.807) is 0 Å². The van der Waals surface area contributed by atoms with Crippen LogP contribution in [-0.2, 0) is 11.3 Å². The number of rotatable bonds is 2. The summed E-state index contributed by atoms with van der Waals surface area (Å²) in [6, 6.07) is 3.75. The van der Waals surface area contributed by atoms with Gasteiger partial charge in [0.1, 0.15) is 10.8 Å². The Morgan fingerprint density at radius 2 is 2.05 bits per heavy atom. The van der Waals surface area contributed by atoms with Gasteiger partial charge in [-0.25, -0.2) is 9.37 Å². The zero-order valence-electron chi connectivity index (χ0n) is 10.9. The monoisotopic (exact) mass is 290 g/mol. The second-order valence-corrected chi connectivity index (χ2v) is 5.92. The highest BCUT2D eigenvalue weighted by molar-refractivity contribution is 7.11. The number of hydrogen-bond acceptors (Lipinski definition) is 4. The van der Waals surface area contributed by atoms with Crippen LogP contribution < -0.4 is 4.90 Å². The third-order valence-electron chi connectivity index (χ3n) is 3.30. The number of aryl methyl sites for hydroxylation is 2. The molecule has 2 heterocycles. The topological polar surface area (TPSA) is 50.3 Å². The first kappa shape index (κ1) is 12.9. The molecule has 1 aliphatic rings. The Bertz CT molecular complexity index is 719. The normalized spacial score (nSPS) is 14.1. The van der Waals surface area contributed by atoms with E-state index in [1.165, 1.54) is 34.4 Å². The molecule has 6 heteroatoms. The minimum atomic E-state index is -0.629. The third-order valence-corrected chi connectivity index (χ3v) is 4.36. The van der Waals surface area contributed by atoms with Gasteiger partial charge >= 0.3 is 0 Å². The molecule has 0 atom stereocenters. The lowest BCUT2D eigenvalue weighted by molar-refractivity contribution is -0.114. The van der Waals surface area contributed by atoms with E-state index >= 15 is 0 Å². The van der Waals surface area contributed by atoms with E-state index in [-0.39, 0.29) is 12.1 Å². The number of carbonyl (C=O) groups is 2. The summed E-state index contributed by atoms with van der Waals surface area (Å²) in [5.74, 6) is -1.69. The Labute approximate surface area is 118 Å². The Kier molecular flexibility index (Phi) is 2.90. The second kappa shape index (κ2) is 4.49. The summed E-state index contributed by atoms with van der Waals surface area (Å²) >= 11 is 1.47. The maximum atomic E-state index is 13.3. The number of Topliss-reactive ketones (excluding diaryl/α,β-unsaturated/α-hetero) is 1. The van der Waals surface area contributed by atoms with Crippen molar-refractivity contribution >= 4 is 28.7 Å². The molecule has 0 aliphatic carbocycles. The first-order valence-electron chi connectivity index (χ1n) is 6.06. The van der Waals surface area contributed by atoms with Crippen LogP contribution in [-0.4, -0.2) is 16.7 Å². The molecule has 20 heavy (non-hydrogen) atoms. The van der Waals surface area contributed by atoms with Crippen LogP contribution >= 0.6 is 11.3 Å². The predicted molar refractivity (Wildman–Crippen MR) is 73.5 cm³/mol. The molecule has 4 nitrogen and oxygen atoms in total. The average molecular weight is 290 g/mol. The molecule has 1 aromatic carbocycles. The van der Waals surface area contributed by atoms with E-state index < -0.39 is 17.5 Å². The standard InChI is InChI=1S/C14H11FN2O2S/c1-7-8(2)20-12(16-7)6-17-11-5-9(15)3-4-10(11)13(18)14(17)19/h3-5H,6H2,1-2H3. The number of benzene rings is 1. The van der Waals surface area contributed by atoms with E-state index in [0.717, 1.165) is 15.6 Å². The van der Waals surface area contributed by atoms with Crippen LogP contribution in [0.1, 0.15) is 25.9 Å². The van der Waals surface area contributed by atoms with Crippen LogP contribution in [0.3, 0.4) is 0 Å². The number of carbonyl (C=O) groups excluding carboxylic acids is 2. The van der Waals surface area contributed by atoms with Crippen molar-refractivity contribution in [1.29, 1.82) is 0 Å². The molecule has 0 saturated heterocycles. The number of aromatic nitrogens is 1. The van der Waals surface area contributed by atoms with Crippen molar-refractivity contribution in [3.63, 3.8) is 0 Å². The summed E-state index contributed by atoms with van der Waals surface area (Å²) in [5, 5.41) is 0.735. The van der Waals surface area contributed by atoms with Gasteiger partial charge in [0.2, 0.25) is 0 Å². The molecule has 0 N–H and O–H groups in total. The number of fused-ring (bicyclic) bond motifs is 1. The predicted octanol–water partition coefficient (Wildman–Crippen LogP) is 2.63. The molecule has 0 bridgehead atoms. The summed E-state index contributed by atoms with van der Waals surface area (Å²) in [4.78, 5) is 30.6. The fraction of sp³-hybridized carbons (Fsp3) is 0.214. The number of halogens is 1. The summed E-state index contributed by atoms with van der Waals surface area (Å²) in [6.07, 6.45) is 0. The lowest BCUT2D eigenvalue weighted by Crippen LogP contribution is -2.29. The van der Waals surface area contributed by atoms with Crippen molar-refractivity contribution in [2.75, 3.05) is 4.90 Å². The van der Waals surface area contributed by atoms with Crippen LogP contribution in [0.15, 0.2) is 18.2 Å². The molecule has 0 radical (unpaired) electrons. The van der Waals surface area contributed by atoms with E-state index in [1.807, 2.05) is 13.8 Å². The van der Waals surface area contributed by atoms with E-state index in [0.29, 0.717) is 5.69 Å². The van der Waals surface area contributed by atoms with Crippen molar-refractivity contribution in [1.82, 2.24) is 4.98 Å². The fourth-order valence-electron chi connectivity index (χ4n) is 2.17. The summed E-state index contributed by atoms with van der Waals surface area (Å²) in [6.45, 7) is 4.03. The molecule has 1 aromatic heterocycles. The van der Waals surface area contributed by atoms with E-state index in [4.69, 9.17) is 0 Å². The van der Waals surface area contributed by atoms with Crippen LogP contribution in [0.5, 0.6) is 0 Å². The van der Waals surface area contributed by atoms with Gasteiger partial charge in [0.25, 0.3) is 11.7 Å². The minimum Gasteiger partial charge on any atom is -0.298 e. The number of ketones is 1. The summed E-state index contributed by atoms with van der Waals surface area (Å²) in [5.41, 5.74) is 1.48. The number of thiazole rings is 1. The molecule has 1 aliphatic heterocycles. The van der Waals surface area contributed by atoms with Gasteiger partial charge in [-0.05, 0) is 32.0 Å². The number of anilines is 1. The first-order chi connectivity index (χ1) is 9.47. The van der Waals surface area contributed by atoms with E-state index in [9.17, 15) is 14.0 Å². The highest BCUT2D eigenvalue weighted by Crippen LogP contribution is 2.31. The van der Waals surface area contributed by atoms with Gasteiger partial charge in [0.15, 0.2) is 0 Å². The molecule has 1 amide bonds. The molecule has 0 fully saturated rings. The number of hydrogen-bond donors (Lipinski definition) is 0. The van der Waals surface area contributed by atoms with Crippen molar-refractivity contribution in [3.8, 4) is 0 Å². The van der Waals surface area contributed by atoms with Crippen LogP contribution in [0.4, 0.5) is 10.1 Å². The lowest BCUT2D eigenvalue weighted by Gasteiger charge is -2.14. The molecule has 2 aromatic rings. The maximum Gasteiger partial charge on any atom is 0.299 e. The Balaban J connectivity index is 2.00. The molecular formula is C14H11FN2O2S. The largest absolute Gasteiger partial charge is 0.299 e. The van der Waals surface area contributed by atoms with Gasteiger partial charge in [-0.15, -0.1) is 11.3 Å². The Morgan fingerprint density at radius 1 is 1.30 bits per heavy atom. The second-order valence-electron chi connectivity index (χ2n) is 4.63. The summed E-state index contributed by atoms with van der Waals surface area (Å²) in [7, 11) is 0. The highest BCUT2D eigenvalue weighted by Gasteiger charge is 2.36. The zero-order valence-corrected chi connectivity index (χ0v) is 11.8. The molecule has 102 valence electrons. The minimum absolute atomic E-state index is 0.195. The van der Waals surface area contributed by atoms with Gasteiger partial charge < -0.3 is 0 Å². The van der Waals surface area contributed by atoms with Gasteiger partial charge in [0, 0.05) is 4.88 Å². The first-order valence-corrected chi connectivity index (χ1v) is 6.87. The number of nitrogens with zero attached hydrogens (tertiary/aromatic N) is 2. The zero-order chi connectivity index (χ0) is 14.4. The van der Waals surface area contributed by atoms with Crippen molar-refractivity contribution in [2.45, 2.75) is 20.4 Å². The highest BCUT2D eigenvalue weighted by atomic mass is 32.1. The van der Waals surface area contributed by atoms with Crippen molar-refractivity contribution < 1.29 is 14.0 Å². The average Bonchev–Trinajstić information content (AvgIpc) is 2.83. The molecule has 0 saturated carbocycles. The molecule has 3 rings (SSSR count). The van der Waals surface area contributed by atoms with Crippen molar-refractivity contribution in [2.24, 2.45) is 0 Å². The molecule has 0 spiro atoms. The van der Waals surface area contributed by atoms with Gasteiger partial charge in [0.05, 0.1) is 23.5 Å². The Morgan fingerprint density at radius 3 is 2.70 bits per heavy atom. The molecular weight excluding hydrogens is 279 g/mol. The number of amides is 1. The van der Waals surface area contributed by atoms with Crippen LogP contribution in [0.25, 0.3) is 0 Å².